The van der Waals surface area contributed by atoms with Gasteiger partial charge in [0.05, 0.1) is 5.75 Å². The summed E-state index contributed by atoms with van der Waals surface area (Å²) < 4.78 is 2.07. The predicted molar refractivity (Wildman–Crippen MR) is 106 cm³/mol. The number of anilines is 1. The molecule has 0 saturated heterocycles. The molecule has 138 valence electrons. The van der Waals surface area contributed by atoms with Crippen LogP contribution in [0.15, 0.2) is 42.1 Å². The molecule has 1 aliphatic carbocycles. The SMILES string of the molecule is C=CCn1c(SCC(=O)NCc2ccc(N(C)C)cc2)nnc1C1CC1. The molecule has 2 aromatic rings. The average molecular weight is 372 g/mol. The van der Waals surface area contributed by atoms with Crippen LogP contribution in [0.2, 0.25) is 0 Å². The number of benzene rings is 1. The standard InChI is InChI=1S/C19H25N5OS/c1-4-11-24-18(15-7-8-15)21-22-19(24)26-13-17(25)20-12-14-5-9-16(10-6-14)23(2)3/h4-6,9-10,15H,1,7-8,11-13H2,2-3H3,(H,20,25). The monoisotopic (exact) mass is 371 g/mol. The van der Waals surface area contributed by atoms with Gasteiger partial charge in [0.2, 0.25) is 5.91 Å². The average Bonchev–Trinajstić information content (AvgIpc) is 3.41. The van der Waals surface area contributed by atoms with Gasteiger partial charge < -0.3 is 14.8 Å². The van der Waals surface area contributed by atoms with Crippen molar-refractivity contribution < 1.29 is 4.79 Å². The van der Waals surface area contributed by atoms with Gasteiger partial charge in [-0.1, -0.05) is 30.0 Å². The molecule has 1 aromatic heterocycles. The number of rotatable bonds is 9. The molecule has 0 bridgehead atoms. The Morgan fingerprint density at radius 2 is 2.08 bits per heavy atom. The lowest BCUT2D eigenvalue weighted by atomic mass is 10.2. The van der Waals surface area contributed by atoms with Crippen LogP contribution in [0.25, 0.3) is 0 Å². The van der Waals surface area contributed by atoms with Crippen LogP contribution in [0, 0.1) is 0 Å². The summed E-state index contributed by atoms with van der Waals surface area (Å²) in [5.74, 6) is 1.87. The number of hydrogen-bond acceptors (Lipinski definition) is 5. The van der Waals surface area contributed by atoms with Crippen molar-refractivity contribution in [2.24, 2.45) is 0 Å². The molecule has 1 N–H and O–H groups in total. The Labute approximate surface area is 158 Å². The highest BCUT2D eigenvalue weighted by molar-refractivity contribution is 7.99. The fourth-order valence-corrected chi connectivity index (χ4v) is 3.43. The fourth-order valence-electron chi connectivity index (χ4n) is 2.64. The second kappa shape index (κ2) is 8.40. The number of thioether (sulfide) groups is 1. The van der Waals surface area contributed by atoms with Gasteiger partial charge in [-0.15, -0.1) is 16.8 Å². The van der Waals surface area contributed by atoms with Crippen molar-refractivity contribution in [2.45, 2.75) is 37.0 Å². The van der Waals surface area contributed by atoms with Gasteiger partial charge in [0, 0.05) is 38.8 Å². The van der Waals surface area contributed by atoms with Crippen molar-refractivity contribution in [1.82, 2.24) is 20.1 Å². The predicted octanol–water partition coefficient (Wildman–Crippen LogP) is 2.82. The van der Waals surface area contributed by atoms with Crippen molar-refractivity contribution in [3.63, 3.8) is 0 Å². The van der Waals surface area contributed by atoms with Gasteiger partial charge in [-0.25, -0.2) is 0 Å². The van der Waals surface area contributed by atoms with Crippen LogP contribution in [-0.2, 0) is 17.9 Å². The number of aromatic nitrogens is 3. The second-order valence-electron chi connectivity index (χ2n) is 6.64. The smallest absolute Gasteiger partial charge is 0.230 e. The normalized spacial score (nSPS) is 13.5. The number of carbonyl (C=O) groups is 1. The van der Waals surface area contributed by atoms with E-state index in [1.54, 1.807) is 0 Å². The highest BCUT2D eigenvalue weighted by Crippen LogP contribution is 2.40. The summed E-state index contributed by atoms with van der Waals surface area (Å²) in [6, 6.07) is 8.16. The molecule has 26 heavy (non-hydrogen) atoms. The lowest BCUT2D eigenvalue weighted by Gasteiger charge is -2.13. The van der Waals surface area contributed by atoms with E-state index in [0.29, 0.717) is 24.8 Å². The number of amides is 1. The molecule has 1 heterocycles. The third-order valence-corrected chi connectivity index (χ3v) is 5.24. The van der Waals surface area contributed by atoms with Gasteiger partial charge >= 0.3 is 0 Å². The quantitative estimate of drug-likeness (QED) is 0.542. The van der Waals surface area contributed by atoms with Crippen LogP contribution in [-0.4, -0.2) is 40.5 Å². The Balaban J connectivity index is 1.50. The molecule has 0 spiro atoms. The maximum atomic E-state index is 12.2. The summed E-state index contributed by atoms with van der Waals surface area (Å²) in [7, 11) is 4.02. The summed E-state index contributed by atoms with van der Waals surface area (Å²) in [6.07, 6.45) is 4.19. The lowest BCUT2D eigenvalue weighted by molar-refractivity contribution is -0.118. The first-order chi connectivity index (χ1) is 12.6. The van der Waals surface area contributed by atoms with E-state index in [1.807, 2.05) is 49.3 Å². The summed E-state index contributed by atoms with van der Waals surface area (Å²) in [4.78, 5) is 14.2. The lowest BCUT2D eigenvalue weighted by Crippen LogP contribution is -2.24. The van der Waals surface area contributed by atoms with E-state index in [4.69, 9.17) is 0 Å². The van der Waals surface area contributed by atoms with Crippen LogP contribution in [0.4, 0.5) is 5.69 Å². The molecule has 1 fully saturated rings. The molecule has 0 radical (unpaired) electrons. The summed E-state index contributed by atoms with van der Waals surface area (Å²) in [5, 5.41) is 12.3. The molecule has 7 heteroatoms. The van der Waals surface area contributed by atoms with E-state index in [1.165, 1.54) is 24.6 Å². The van der Waals surface area contributed by atoms with E-state index in [-0.39, 0.29) is 5.91 Å². The molecule has 6 nitrogen and oxygen atoms in total. The number of nitrogens with zero attached hydrogens (tertiary/aromatic N) is 4. The Kier molecular flexibility index (Phi) is 5.98. The van der Waals surface area contributed by atoms with Gasteiger partial charge in [0.25, 0.3) is 0 Å². The highest BCUT2D eigenvalue weighted by Gasteiger charge is 2.30. The summed E-state index contributed by atoms with van der Waals surface area (Å²) in [6.45, 7) is 5.01. The maximum absolute atomic E-state index is 12.2. The number of nitrogens with one attached hydrogen (secondary N) is 1. The third kappa shape index (κ3) is 4.66. The number of carbonyl (C=O) groups excluding carboxylic acids is 1. The second-order valence-corrected chi connectivity index (χ2v) is 7.58. The molecule has 1 saturated carbocycles. The summed E-state index contributed by atoms with van der Waals surface area (Å²) >= 11 is 1.43. The van der Waals surface area contributed by atoms with E-state index in [0.717, 1.165) is 22.2 Å². The van der Waals surface area contributed by atoms with Crippen molar-refractivity contribution in [3.8, 4) is 0 Å². The largest absolute Gasteiger partial charge is 0.378 e. The minimum atomic E-state index is -0.00666. The zero-order valence-electron chi connectivity index (χ0n) is 15.3. The van der Waals surface area contributed by atoms with Crippen LogP contribution >= 0.6 is 11.8 Å². The Morgan fingerprint density at radius 3 is 2.69 bits per heavy atom. The Morgan fingerprint density at radius 1 is 1.35 bits per heavy atom. The fraction of sp³-hybridized carbons (Fsp3) is 0.421. The molecular weight excluding hydrogens is 346 g/mol. The molecule has 1 aliphatic rings. The van der Waals surface area contributed by atoms with Crippen molar-refractivity contribution in [3.05, 3.63) is 48.3 Å². The van der Waals surface area contributed by atoms with E-state index in [2.05, 4.69) is 26.7 Å². The van der Waals surface area contributed by atoms with E-state index in [9.17, 15) is 4.79 Å². The van der Waals surface area contributed by atoms with Crippen LogP contribution < -0.4 is 10.2 Å². The van der Waals surface area contributed by atoms with Gasteiger partial charge in [-0.3, -0.25) is 4.79 Å². The van der Waals surface area contributed by atoms with Crippen molar-refractivity contribution >= 4 is 23.4 Å². The molecular formula is C19H25N5OS. The van der Waals surface area contributed by atoms with Crippen LogP contribution in [0.5, 0.6) is 0 Å². The summed E-state index contributed by atoms with van der Waals surface area (Å²) in [5.41, 5.74) is 2.23. The first-order valence-corrected chi connectivity index (χ1v) is 9.76. The third-order valence-electron chi connectivity index (χ3n) is 4.27. The van der Waals surface area contributed by atoms with Gasteiger partial charge in [0.1, 0.15) is 5.82 Å². The Bertz CT molecular complexity index is 765. The Hall–Kier alpha value is -2.28. The minimum absolute atomic E-state index is 0.00666. The van der Waals surface area contributed by atoms with Crippen molar-refractivity contribution in [1.29, 1.82) is 0 Å². The van der Waals surface area contributed by atoms with E-state index >= 15 is 0 Å². The maximum Gasteiger partial charge on any atom is 0.230 e. The number of hydrogen-bond donors (Lipinski definition) is 1. The zero-order chi connectivity index (χ0) is 18.5. The molecule has 0 atom stereocenters. The molecule has 1 amide bonds. The first-order valence-electron chi connectivity index (χ1n) is 8.78. The molecule has 3 rings (SSSR count). The first kappa shape index (κ1) is 18.5. The van der Waals surface area contributed by atoms with Crippen LogP contribution in [0.3, 0.4) is 0 Å². The van der Waals surface area contributed by atoms with Crippen molar-refractivity contribution in [2.75, 3.05) is 24.7 Å². The van der Waals surface area contributed by atoms with Gasteiger partial charge in [0.15, 0.2) is 5.16 Å². The molecule has 0 aliphatic heterocycles. The molecule has 0 unspecified atom stereocenters. The van der Waals surface area contributed by atoms with Gasteiger partial charge in [-0.05, 0) is 30.5 Å². The highest BCUT2D eigenvalue weighted by atomic mass is 32.2. The minimum Gasteiger partial charge on any atom is -0.378 e. The zero-order valence-corrected chi connectivity index (χ0v) is 16.1. The number of allylic oxidation sites excluding steroid dienone is 1. The van der Waals surface area contributed by atoms with Gasteiger partial charge in [-0.2, -0.15) is 0 Å². The molecule has 1 aromatic carbocycles. The van der Waals surface area contributed by atoms with E-state index < -0.39 is 0 Å². The van der Waals surface area contributed by atoms with Crippen LogP contribution in [0.1, 0.15) is 30.1 Å². The topological polar surface area (TPSA) is 63.1 Å².